The van der Waals surface area contributed by atoms with Crippen molar-refractivity contribution in [3.63, 3.8) is 0 Å². The maximum atomic E-state index is 12.4. The summed E-state index contributed by atoms with van der Waals surface area (Å²) in [6.45, 7) is 8.53. The van der Waals surface area contributed by atoms with Gasteiger partial charge in [0.25, 0.3) is 5.91 Å². The molecule has 0 aliphatic rings. The van der Waals surface area contributed by atoms with E-state index < -0.39 is 5.54 Å². The van der Waals surface area contributed by atoms with E-state index in [1.165, 1.54) is 0 Å². The van der Waals surface area contributed by atoms with Gasteiger partial charge in [-0.1, -0.05) is 13.8 Å². The van der Waals surface area contributed by atoms with Gasteiger partial charge in [-0.2, -0.15) is 0 Å². The molecule has 0 radical (unpaired) electrons. The molecule has 0 aliphatic heterocycles. The molecule has 4 nitrogen and oxygen atoms in total. The number of benzene rings is 1. The van der Waals surface area contributed by atoms with Crippen LogP contribution in [-0.2, 0) is 5.75 Å². The first-order chi connectivity index (χ1) is 11.3. The Morgan fingerprint density at radius 3 is 2.54 bits per heavy atom. The van der Waals surface area contributed by atoms with Crippen LogP contribution >= 0.6 is 23.1 Å². The molecule has 1 aromatic carbocycles. The Morgan fingerprint density at radius 1 is 1.38 bits per heavy atom. The minimum Gasteiger partial charge on any atom is -0.345 e. The number of aryl methyl sites for hydroxylation is 1. The zero-order valence-electron chi connectivity index (χ0n) is 14.6. The molecule has 1 aromatic heterocycles. The van der Waals surface area contributed by atoms with Crippen LogP contribution in [0, 0.1) is 12.8 Å². The predicted molar refractivity (Wildman–Crippen MR) is 103 cm³/mol. The third-order valence-corrected chi connectivity index (χ3v) is 6.14. The lowest BCUT2D eigenvalue weighted by atomic mass is 9.88. The summed E-state index contributed by atoms with van der Waals surface area (Å²) < 4.78 is 0. The van der Waals surface area contributed by atoms with Crippen LogP contribution in [0.1, 0.15) is 41.8 Å². The fourth-order valence-electron chi connectivity index (χ4n) is 2.10. The Labute approximate surface area is 152 Å². The molecule has 1 unspecified atom stereocenters. The first-order valence-electron chi connectivity index (χ1n) is 8.00. The number of thiazole rings is 1. The van der Waals surface area contributed by atoms with Gasteiger partial charge in [-0.05, 0) is 44.0 Å². The van der Waals surface area contributed by atoms with E-state index in [1.807, 2.05) is 38.1 Å². The number of carbonyl (C=O) groups excluding carboxylic acids is 1. The highest BCUT2D eigenvalue weighted by molar-refractivity contribution is 7.98. The summed E-state index contributed by atoms with van der Waals surface area (Å²) in [6.07, 6.45) is 0. The molecule has 24 heavy (non-hydrogen) atoms. The average Bonchev–Trinajstić information content (AvgIpc) is 2.98. The fourth-order valence-corrected chi connectivity index (χ4v) is 3.61. The predicted octanol–water partition coefficient (Wildman–Crippen LogP) is 3.85. The van der Waals surface area contributed by atoms with E-state index in [4.69, 9.17) is 5.73 Å². The van der Waals surface area contributed by atoms with Gasteiger partial charge in [0.15, 0.2) is 0 Å². The maximum Gasteiger partial charge on any atom is 0.251 e. The number of thioether (sulfide) groups is 1. The van der Waals surface area contributed by atoms with Crippen LogP contribution < -0.4 is 11.1 Å². The molecule has 3 N–H and O–H groups in total. The van der Waals surface area contributed by atoms with Crippen LogP contribution in [0.15, 0.2) is 34.5 Å². The lowest BCUT2D eigenvalue weighted by molar-refractivity contribution is 0.0883. The summed E-state index contributed by atoms with van der Waals surface area (Å²) in [5.74, 6) is 1.03. The standard InChI is InChI=1S/C18H25N3OS2/c1-12(2)18(4,11-19)21-17(22)14-5-7-16(8-6-14)24-10-15-9-23-13(3)20-15/h5-9,12H,10-11,19H2,1-4H3,(H,21,22). The largest absolute Gasteiger partial charge is 0.345 e. The Balaban J connectivity index is 1.97. The molecule has 2 rings (SSSR count). The van der Waals surface area contributed by atoms with Gasteiger partial charge < -0.3 is 11.1 Å². The highest BCUT2D eigenvalue weighted by atomic mass is 32.2. The Kier molecular flexibility index (Phi) is 6.43. The highest BCUT2D eigenvalue weighted by Gasteiger charge is 2.28. The van der Waals surface area contributed by atoms with E-state index in [0.29, 0.717) is 12.1 Å². The summed E-state index contributed by atoms with van der Waals surface area (Å²) in [6, 6.07) is 7.68. The van der Waals surface area contributed by atoms with E-state index in [2.05, 4.69) is 29.5 Å². The third-order valence-electron chi connectivity index (χ3n) is 4.27. The van der Waals surface area contributed by atoms with Gasteiger partial charge in [0, 0.05) is 28.1 Å². The number of hydrogen-bond donors (Lipinski definition) is 2. The Hall–Kier alpha value is -1.37. The number of nitrogens with two attached hydrogens (primary N) is 1. The van der Waals surface area contributed by atoms with Crippen molar-refractivity contribution >= 4 is 29.0 Å². The number of nitrogens with one attached hydrogen (secondary N) is 1. The van der Waals surface area contributed by atoms with Crippen molar-refractivity contribution in [2.75, 3.05) is 6.54 Å². The van der Waals surface area contributed by atoms with Gasteiger partial charge in [-0.3, -0.25) is 4.79 Å². The van der Waals surface area contributed by atoms with Crippen LogP contribution in [0.2, 0.25) is 0 Å². The van der Waals surface area contributed by atoms with E-state index in [0.717, 1.165) is 21.3 Å². The summed E-state index contributed by atoms with van der Waals surface area (Å²) in [4.78, 5) is 18.0. The second-order valence-corrected chi connectivity index (χ2v) is 8.51. The van der Waals surface area contributed by atoms with Crippen molar-refractivity contribution in [2.45, 2.75) is 43.9 Å². The van der Waals surface area contributed by atoms with Crippen LogP contribution in [0.5, 0.6) is 0 Å². The fraction of sp³-hybridized carbons (Fsp3) is 0.444. The number of hydrogen-bond acceptors (Lipinski definition) is 5. The molecule has 2 aromatic rings. The second-order valence-electron chi connectivity index (χ2n) is 6.40. The second kappa shape index (κ2) is 8.14. The van der Waals surface area contributed by atoms with E-state index in [-0.39, 0.29) is 11.8 Å². The normalized spacial score (nSPS) is 13.8. The summed E-state index contributed by atoms with van der Waals surface area (Å²) in [7, 11) is 0. The van der Waals surface area contributed by atoms with Crippen molar-refractivity contribution in [1.82, 2.24) is 10.3 Å². The van der Waals surface area contributed by atoms with Crippen molar-refractivity contribution < 1.29 is 4.79 Å². The number of rotatable bonds is 7. The molecular weight excluding hydrogens is 338 g/mol. The van der Waals surface area contributed by atoms with Gasteiger partial charge in [0.05, 0.1) is 16.2 Å². The van der Waals surface area contributed by atoms with E-state index >= 15 is 0 Å². The van der Waals surface area contributed by atoms with Gasteiger partial charge in [0.2, 0.25) is 0 Å². The lowest BCUT2D eigenvalue weighted by Gasteiger charge is -2.33. The first-order valence-corrected chi connectivity index (χ1v) is 9.87. The van der Waals surface area contributed by atoms with E-state index in [1.54, 1.807) is 23.1 Å². The molecule has 0 aliphatic carbocycles. The topological polar surface area (TPSA) is 68.0 Å². The average molecular weight is 364 g/mol. The van der Waals surface area contributed by atoms with Gasteiger partial charge in [-0.25, -0.2) is 4.98 Å². The van der Waals surface area contributed by atoms with Crippen molar-refractivity contribution in [2.24, 2.45) is 11.7 Å². The molecule has 6 heteroatoms. The number of amides is 1. The number of nitrogens with zero attached hydrogens (tertiary/aromatic N) is 1. The highest BCUT2D eigenvalue weighted by Crippen LogP contribution is 2.24. The molecular formula is C18H25N3OS2. The smallest absolute Gasteiger partial charge is 0.251 e. The van der Waals surface area contributed by atoms with Gasteiger partial charge in [-0.15, -0.1) is 23.1 Å². The number of aromatic nitrogens is 1. The van der Waals surface area contributed by atoms with Crippen LogP contribution in [0.3, 0.4) is 0 Å². The maximum absolute atomic E-state index is 12.4. The molecule has 0 fully saturated rings. The summed E-state index contributed by atoms with van der Waals surface area (Å²) in [5.41, 5.74) is 7.19. The summed E-state index contributed by atoms with van der Waals surface area (Å²) in [5, 5.41) is 6.24. The molecule has 1 heterocycles. The molecule has 1 amide bonds. The summed E-state index contributed by atoms with van der Waals surface area (Å²) >= 11 is 3.39. The Bertz CT molecular complexity index is 682. The van der Waals surface area contributed by atoms with Crippen LogP contribution in [0.4, 0.5) is 0 Å². The molecule has 0 saturated heterocycles. The molecule has 130 valence electrons. The molecule has 1 atom stereocenters. The van der Waals surface area contributed by atoms with Crippen LogP contribution in [-0.4, -0.2) is 23.0 Å². The first kappa shape index (κ1) is 19.0. The van der Waals surface area contributed by atoms with E-state index in [9.17, 15) is 4.79 Å². The van der Waals surface area contributed by atoms with Crippen molar-refractivity contribution in [3.05, 3.63) is 45.9 Å². The zero-order chi connectivity index (χ0) is 17.7. The molecule has 0 spiro atoms. The van der Waals surface area contributed by atoms with Crippen molar-refractivity contribution in [3.8, 4) is 0 Å². The quantitative estimate of drug-likeness (QED) is 0.733. The lowest BCUT2D eigenvalue weighted by Crippen LogP contribution is -2.55. The van der Waals surface area contributed by atoms with Gasteiger partial charge >= 0.3 is 0 Å². The van der Waals surface area contributed by atoms with Crippen LogP contribution in [0.25, 0.3) is 0 Å². The SMILES string of the molecule is Cc1nc(CSc2ccc(C(=O)NC(C)(CN)C(C)C)cc2)cs1. The minimum atomic E-state index is -0.396. The monoisotopic (exact) mass is 363 g/mol. The van der Waals surface area contributed by atoms with Gasteiger partial charge in [0.1, 0.15) is 0 Å². The number of carbonyl (C=O) groups is 1. The third kappa shape index (κ3) is 4.82. The van der Waals surface area contributed by atoms with Crippen molar-refractivity contribution in [1.29, 1.82) is 0 Å². The Morgan fingerprint density at radius 2 is 2.04 bits per heavy atom. The molecule has 0 saturated carbocycles. The zero-order valence-corrected chi connectivity index (χ0v) is 16.3. The minimum absolute atomic E-state index is 0.0803. The molecule has 0 bridgehead atoms.